The number of hydrogen-bond donors (Lipinski definition) is 3. The second kappa shape index (κ2) is 9.26. The van der Waals surface area contributed by atoms with Gasteiger partial charge in [-0.15, -0.1) is 0 Å². The van der Waals surface area contributed by atoms with Gasteiger partial charge in [0.05, 0.1) is 12.1 Å². The van der Waals surface area contributed by atoms with Gasteiger partial charge in [-0.3, -0.25) is 0 Å². The van der Waals surface area contributed by atoms with Crippen LogP contribution in [0.4, 0.5) is 19.0 Å². The van der Waals surface area contributed by atoms with Crippen molar-refractivity contribution in [2.24, 2.45) is 4.99 Å². The second-order valence-electron chi connectivity index (χ2n) is 5.08. The highest BCUT2D eigenvalue weighted by Crippen LogP contribution is 2.33. The number of pyridine rings is 1. The van der Waals surface area contributed by atoms with Crippen molar-refractivity contribution in [2.75, 3.05) is 25.0 Å². The van der Waals surface area contributed by atoms with Crippen LogP contribution in [0.3, 0.4) is 0 Å². The first-order valence-corrected chi connectivity index (χ1v) is 8.74. The van der Waals surface area contributed by atoms with Gasteiger partial charge in [-0.1, -0.05) is 0 Å². The molecule has 0 aliphatic heterocycles. The molecule has 0 amide bonds. The van der Waals surface area contributed by atoms with E-state index in [0.29, 0.717) is 25.6 Å². The van der Waals surface area contributed by atoms with Gasteiger partial charge in [0.2, 0.25) is 0 Å². The Labute approximate surface area is 148 Å². The van der Waals surface area contributed by atoms with Crippen LogP contribution in [-0.4, -0.2) is 30.6 Å². The summed E-state index contributed by atoms with van der Waals surface area (Å²) >= 11 is 1.61. The monoisotopic (exact) mass is 371 g/mol. The van der Waals surface area contributed by atoms with Crippen LogP contribution in [0, 0.1) is 0 Å². The zero-order valence-corrected chi connectivity index (χ0v) is 14.5. The van der Waals surface area contributed by atoms with E-state index >= 15 is 0 Å². The molecule has 2 heterocycles. The molecule has 136 valence electrons. The first-order valence-electron chi connectivity index (χ1n) is 7.80. The Morgan fingerprint density at radius 2 is 2.08 bits per heavy atom. The molecule has 0 aliphatic carbocycles. The summed E-state index contributed by atoms with van der Waals surface area (Å²) in [6.45, 7) is 3.88. The largest absolute Gasteiger partial charge is 0.419 e. The van der Waals surface area contributed by atoms with Gasteiger partial charge < -0.3 is 16.0 Å². The number of rotatable bonds is 7. The molecule has 9 heteroatoms. The molecule has 0 aromatic carbocycles. The number of anilines is 1. The summed E-state index contributed by atoms with van der Waals surface area (Å²) < 4.78 is 38.7. The first-order chi connectivity index (χ1) is 12.0. The molecular formula is C16H20F3N5S. The zero-order chi connectivity index (χ0) is 18.1. The summed E-state index contributed by atoms with van der Waals surface area (Å²) in [5, 5.41) is 12.9. The van der Waals surface area contributed by atoms with Gasteiger partial charge >= 0.3 is 6.18 Å². The number of aromatic nitrogens is 1. The van der Waals surface area contributed by atoms with Gasteiger partial charge in [0.25, 0.3) is 0 Å². The molecule has 2 rings (SSSR count). The third kappa shape index (κ3) is 6.26. The lowest BCUT2D eigenvalue weighted by molar-refractivity contribution is -0.137. The van der Waals surface area contributed by atoms with E-state index in [1.165, 1.54) is 12.3 Å². The number of nitrogens with zero attached hydrogens (tertiary/aromatic N) is 2. The third-order valence-corrected chi connectivity index (χ3v) is 3.90. The lowest BCUT2D eigenvalue weighted by atomic mass is 10.2. The highest BCUT2D eigenvalue weighted by molar-refractivity contribution is 7.07. The number of alkyl halides is 3. The lowest BCUT2D eigenvalue weighted by Crippen LogP contribution is -2.39. The zero-order valence-electron chi connectivity index (χ0n) is 13.7. The number of thiophene rings is 1. The summed E-state index contributed by atoms with van der Waals surface area (Å²) in [6.07, 6.45) is -3.10. The normalized spacial score (nSPS) is 12.1. The summed E-state index contributed by atoms with van der Waals surface area (Å²) in [5.74, 6) is 0.449. The Kier molecular flexibility index (Phi) is 7.05. The average molecular weight is 371 g/mol. The number of aliphatic imine (C=N–C) groups is 1. The second-order valence-corrected chi connectivity index (χ2v) is 5.86. The molecule has 0 saturated heterocycles. The minimum absolute atomic E-state index is 0.169. The quantitative estimate of drug-likeness (QED) is 0.397. The molecule has 3 N–H and O–H groups in total. The Bertz CT molecular complexity index is 671. The predicted molar refractivity (Wildman–Crippen MR) is 94.9 cm³/mol. The van der Waals surface area contributed by atoms with E-state index in [9.17, 15) is 13.2 Å². The van der Waals surface area contributed by atoms with E-state index < -0.39 is 11.7 Å². The van der Waals surface area contributed by atoms with Crippen molar-refractivity contribution in [3.05, 3.63) is 46.3 Å². The van der Waals surface area contributed by atoms with Crippen LogP contribution in [0.2, 0.25) is 0 Å². The summed E-state index contributed by atoms with van der Waals surface area (Å²) in [7, 11) is 0. The van der Waals surface area contributed by atoms with Gasteiger partial charge in [-0.05, 0) is 41.4 Å². The average Bonchev–Trinajstić information content (AvgIpc) is 3.09. The molecule has 0 bridgehead atoms. The molecule has 0 aliphatic rings. The highest BCUT2D eigenvalue weighted by atomic mass is 32.1. The smallest absolute Gasteiger partial charge is 0.368 e. The van der Waals surface area contributed by atoms with Crippen molar-refractivity contribution < 1.29 is 13.2 Å². The number of nitrogens with one attached hydrogen (secondary N) is 3. The van der Waals surface area contributed by atoms with Crippen molar-refractivity contribution in [1.82, 2.24) is 15.6 Å². The fraction of sp³-hybridized carbons (Fsp3) is 0.375. The van der Waals surface area contributed by atoms with Gasteiger partial charge in [-0.2, -0.15) is 24.5 Å². The van der Waals surface area contributed by atoms with Crippen LogP contribution in [0.25, 0.3) is 0 Å². The van der Waals surface area contributed by atoms with Crippen LogP contribution < -0.4 is 16.0 Å². The van der Waals surface area contributed by atoms with Crippen LogP contribution in [-0.2, 0) is 12.7 Å². The standard InChI is InChI=1S/C16H20F3N5S/c1-2-20-15(24-10-12-5-9-25-11-12)23-8-7-22-14-13(16(17,18)19)4-3-6-21-14/h3-6,9,11H,2,7-8,10H2,1H3,(H,21,22)(H2,20,23,24). The van der Waals surface area contributed by atoms with E-state index in [0.717, 1.165) is 11.6 Å². The maximum absolute atomic E-state index is 12.9. The number of halogens is 3. The molecule has 0 spiro atoms. The van der Waals surface area contributed by atoms with Crippen molar-refractivity contribution in [2.45, 2.75) is 19.6 Å². The topological polar surface area (TPSA) is 61.3 Å². The van der Waals surface area contributed by atoms with Gasteiger partial charge in [0, 0.05) is 25.8 Å². The fourth-order valence-corrected chi connectivity index (χ4v) is 2.69. The van der Waals surface area contributed by atoms with Crippen molar-refractivity contribution in [1.29, 1.82) is 0 Å². The Balaban J connectivity index is 1.85. The molecule has 0 atom stereocenters. The number of guanidine groups is 1. The van der Waals surface area contributed by atoms with E-state index in [4.69, 9.17) is 0 Å². The maximum Gasteiger partial charge on any atom is 0.419 e. The van der Waals surface area contributed by atoms with Crippen LogP contribution in [0.15, 0.2) is 40.1 Å². The van der Waals surface area contributed by atoms with E-state index in [1.807, 2.05) is 23.8 Å². The Morgan fingerprint density at radius 1 is 1.24 bits per heavy atom. The van der Waals surface area contributed by atoms with Gasteiger partial charge in [0.1, 0.15) is 5.82 Å². The van der Waals surface area contributed by atoms with Crippen LogP contribution in [0.5, 0.6) is 0 Å². The minimum atomic E-state index is -4.43. The number of hydrogen-bond acceptors (Lipinski definition) is 4. The molecule has 5 nitrogen and oxygen atoms in total. The van der Waals surface area contributed by atoms with Crippen molar-refractivity contribution in [3.8, 4) is 0 Å². The summed E-state index contributed by atoms with van der Waals surface area (Å²) in [4.78, 5) is 8.20. The van der Waals surface area contributed by atoms with Crippen molar-refractivity contribution in [3.63, 3.8) is 0 Å². The summed E-state index contributed by atoms with van der Waals surface area (Å²) in [6, 6.07) is 4.28. The molecule has 2 aromatic heterocycles. The van der Waals surface area contributed by atoms with Gasteiger partial charge in [0.15, 0.2) is 5.96 Å². The molecule has 2 aromatic rings. The third-order valence-electron chi connectivity index (χ3n) is 3.17. The van der Waals surface area contributed by atoms with E-state index in [1.54, 1.807) is 11.3 Å². The molecule has 0 radical (unpaired) electrons. The molecule has 0 fully saturated rings. The Hall–Kier alpha value is -2.29. The lowest BCUT2D eigenvalue weighted by Gasteiger charge is -2.14. The fourth-order valence-electron chi connectivity index (χ4n) is 2.03. The first kappa shape index (κ1) is 19.0. The molecule has 0 saturated carbocycles. The van der Waals surface area contributed by atoms with Crippen LogP contribution >= 0.6 is 11.3 Å². The molecular weight excluding hydrogens is 351 g/mol. The highest BCUT2D eigenvalue weighted by Gasteiger charge is 2.33. The molecule has 0 unspecified atom stereocenters. The summed E-state index contributed by atoms with van der Waals surface area (Å²) in [5.41, 5.74) is 0.344. The van der Waals surface area contributed by atoms with Gasteiger partial charge in [-0.25, -0.2) is 9.98 Å². The van der Waals surface area contributed by atoms with Crippen LogP contribution in [0.1, 0.15) is 18.1 Å². The Morgan fingerprint density at radius 3 is 2.76 bits per heavy atom. The van der Waals surface area contributed by atoms with E-state index in [2.05, 4.69) is 25.9 Å². The maximum atomic E-state index is 12.9. The predicted octanol–water partition coefficient (Wildman–Crippen LogP) is 3.33. The molecule has 25 heavy (non-hydrogen) atoms. The van der Waals surface area contributed by atoms with E-state index in [-0.39, 0.29) is 12.4 Å². The van der Waals surface area contributed by atoms with Crippen molar-refractivity contribution >= 4 is 23.1 Å². The SMILES string of the molecule is CCNC(=NCc1ccsc1)NCCNc1ncccc1C(F)(F)F. The minimum Gasteiger partial charge on any atom is -0.368 e.